The summed E-state index contributed by atoms with van der Waals surface area (Å²) >= 11 is 0. The minimum atomic E-state index is -0.0492. The van der Waals surface area contributed by atoms with E-state index in [0.717, 1.165) is 6.42 Å². The Kier molecular flexibility index (Phi) is 1.46. The van der Waals surface area contributed by atoms with Crippen LogP contribution in [0.2, 0.25) is 0 Å². The topological polar surface area (TPSA) is 48.0 Å². The predicted molar refractivity (Wildman–Crippen MR) is 47.9 cm³/mol. The fourth-order valence-electron chi connectivity index (χ4n) is 1.48. The van der Waals surface area contributed by atoms with Crippen molar-refractivity contribution in [2.75, 3.05) is 5.73 Å². The van der Waals surface area contributed by atoms with Crippen LogP contribution in [0, 0.1) is 5.92 Å². The third-order valence-electron chi connectivity index (χ3n) is 2.43. The van der Waals surface area contributed by atoms with Gasteiger partial charge in [-0.25, -0.2) is 0 Å². The lowest BCUT2D eigenvalue weighted by molar-refractivity contribution is 0.661. The summed E-state index contributed by atoms with van der Waals surface area (Å²) < 4.78 is 1.74. The Balaban J connectivity index is 2.45. The Labute approximate surface area is 70.8 Å². The highest BCUT2D eigenvalue weighted by atomic mass is 16.1. The van der Waals surface area contributed by atoms with Crippen LogP contribution in [-0.2, 0) is 0 Å². The Morgan fingerprint density at radius 3 is 2.92 bits per heavy atom. The lowest BCUT2D eigenvalue weighted by Crippen LogP contribution is -2.21. The van der Waals surface area contributed by atoms with Crippen molar-refractivity contribution in [3.63, 3.8) is 0 Å². The van der Waals surface area contributed by atoms with Crippen molar-refractivity contribution in [2.24, 2.45) is 5.92 Å². The van der Waals surface area contributed by atoms with E-state index in [-0.39, 0.29) is 5.56 Å². The van der Waals surface area contributed by atoms with Gasteiger partial charge in [0.05, 0.1) is 5.69 Å². The number of nitrogens with zero attached hydrogens (tertiary/aromatic N) is 1. The van der Waals surface area contributed by atoms with Crippen molar-refractivity contribution in [2.45, 2.75) is 19.4 Å². The second-order valence-corrected chi connectivity index (χ2v) is 3.46. The Hall–Kier alpha value is -1.25. The molecular weight excluding hydrogens is 152 g/mol. The summed E-state index contributed by atoms with van der Waals surface area (Å²) in [5.74, 6) is 0.629. The minimum absolute atomic E-state index is 0.0492. The van der Waals surface area contributed by atoms with Gasteiger partial charge in [0, 0.05) is 12.2 Å². The number of nitrogen functional groups attached to an aromatic ring is 1. The quantitative estimate of drug-likeness (QED) is 0.673. The number of anilines is 1. The van der Waals surface area contributed by atoms with Crippen LogP contribution in [-0.4, -0.2) is 4.57 Å². The molecule has 1 aliphatic rings. The van der Waals surface area contributed by atoms with Crippen LogP contribution in [0.25, 0.3) is 0 Å². The molecule has 2 rings (SSSR count). The van der Waals surface area contributed by atoms with Crippen LogP contribution < -0.4 is 11.3 Å². The molecule has 3 nitrogen and oxygen atoms in total. The van der Waals surface area contributed by atoms with E-state index < -0.39 is 0 Å². The molecule has 0 aliphatic heterocycles. The van der Waals surface area contributed by atoms with Crippen LogP contribution >= 0.6 is 0 Å². The van der Waals surface area contributed by atoms with Gasteiger partial charge >= 0.3 is 0 Å². The molecule has 1 aromatic heterocycles. The van der Waals surface area contributed by atoms with Gasteiger partial charge in [0.15, 0.2) is 0 Å². The molecule has 12 heavy (non-hydrogen) atoms. The highest BCUT2D eigenvalue weighted by molar-refractivity contribution is 5.34. The lowest BCUT2D eigenvalue weighted by Gasteiger charge is -2.03. The van der Waals surface area contributed by atoms with Gasteiger partial charge < -0.3 is 10.3 Å². The molecule has 3 heteroatoms. The van der Waals surface area contributed by atoms with Crippen molar-refractivity contribution >= 4 is 5.69 Å². The summed E-state index contributed by atoms with van der Waals surface area (Å²) in [6, 6.07) is 3.86. The molecule has 0 amide bonds. The standard InChI is InChI=1S/C9H12N2O/c1-6-5-8(6)11-4-2-3-7(10)9(11)12/h2-4,6,8H,5,10H2,1H3/t6-,8-/m1/s1. The first-order valence-corrected chi connectivity index (χ1v) is 4.17. The molecule has 0 bridgehead atoms. The maximum atomic E-state index is 11.4. The van der Waals surface area contributed by atoms with Gasteiger partial charge in [-0.2, -0.15) is 0 Å². The molecule has 1 aromatic rings. The molecule has 64 valence electrons. The average Bonchev–Trinajstić information content (AvgIpc) is 2.73. The molecule has 0 saturated heterocycles. The fourth-order valence-corrected chi connectivity index (χ4v) is 1.48. The highest BCUT2D eigenvalue weighted by Crippen LogP contribution is 2.41. The largest absolute Gasteiger partial charge is 0.394 e. The van der Waals surface area contributed by atoms with Crippen molar-refractivity contribution in [1.29, 1.82) is 0 Å². The minimum Gasteiger partial charge on any atom is -0.394 e. The van der Waals surface area contributed by atoms with E-state index in [1.54, 1.807) is 10.6 Å². The summed E-state index contributed by atoms with van der Waals surface area (Å²) in [4.78, 5) is 11.4. The fraction of sp³-hybridized carbons (Fsp3) is 0.444. The monoisotopic (exact) mass is 164 g/mol. The van der Waals surface area contributed by atoms with Crippen LogP contribution in [0.5, 0.6) is 0 Å². The normalized spacial score (nSPS) is 27.1. The van der Waals surface area contributed by atoms with Crippen molar-refractivity contribution in [3.8, 4) is 0 Å². The number of rotatable bonds is 1. The van der Waals surface area contributed by atoms with Crippen molar-refractivity contribution in [3.05, 3.63) is 28.7 Å². The van der Waals surface area contributed by atoms with Gasteiger partial charge in [0.2, 0.25) is 0 Å². The molecule has 1 saturated carbocycles. The van der Waals surface area contributed by atoms with E-state index in [0.29, 0.717) is 17.6 Å². The van der Waals surface area contributed by atoms with Crippen LogP contribution in [0.15, 0.2) is 23.1 Å². The number of aromatic nitrogens is 1. The van der Waals surface area contributed by atoms with Crippen molar-refractivity contribution < 1.29 is 0 Å². The Morgan fingerprint density at radius 2 is 2.33 bits per heavy atom. The molecule has 0 spiro atoms. The van der Waals surface area contributed by atoms with E-state index in [4.69, 9.17) is 5.73 Å². The second kappa shape index (κ2) is 2.37. The van der Waals surface area contributed by atoms with Crippen LogP contribution in [0.4, 0.5) is 5.69 Å². The van der Waals surface area contributed by atoms with E-state index in [1.807, 2.05) is 12.3 Å². The summed E-state index contributed by atoms with van der Waals surface area (Å²) in [5, 5.41) is 0. The molecule has 1 heterocycles. The third kappa shape index (κ3) is 1.02. The number of pyridine rings is 1. The van der Waals surface area contributed by atoms with E-state index in [2.05, 4.69) is 6.92 Å². The summed E-state index contributed by atoms with van der Waals surface area (Å²) in [7, 11) is 0. The molecule has 1 fully saturated rings. The summed E-state index contributed by atoms with van der Waals surface area (Å²) in [5.41, 5.74) is 5.79. The van der Waals surface area contributed by atoms with Gasteiger partial charge in [-0.15, -0.1) is 0 Å². The maximum Gasteiger partial charge on any atom is 0.273 e. The van der Waals surface area contributed by atoms with E-state index >= 15 is 0 Å². The second-order valence-electron chi connectivity index (χ2n) is 3.46. The first-order chi connectivity index (χ1) is 5.70. The third-order valence-corrected chi connectivity index (χ3v) is 2.43. The molecule has 0 radical (unpaired) electrons. The van der Waals surface area contributed by atoms with Crippen molar-refractivity contribution in [1.82, 2.24) is 4.57 Å². The van der Waals surface area contributed by atoms with E-state index in [1.165, 1.54) is 0 Å². The zero-order valence-corrected chi connectivity index (χ0v) is 7.03. The zero-order valence-electron chi connectivity index (χ0n) is 7.03. The molecule has 1 aliphatic carbocycles. The molecule has 0 aromatic carbocycles. The van der Waals surface area contributed by atoms with Crippen LogP contribution in [0.1, 0.15) is 19.4 Å². The highest BCUT2D eigenvalue weighted by Gasteiger charge is 2.34. The molecule has 0 unspecified atom stereocenters. The maximum absolute atomic E-state index is 11.4. The lowest BCUT2D eigenvalue weighted by atomic mass is 10.4. The van der Waals surface area contributed by atoms with Crippen LogP contribution in [0.3, 0.4) is 0 Å². The van der Waals surface area contributed by atoms with Gasteiger partial charge in [-0.3, -0.25) is 4.79 Å². The molecular formula is C9H12N2O. The zero-order chi connectivity index (χ0) is 8.72. The smallest absolute Gasteiger partial charge is 0.273 e. The van der Waals surface area contributed by atoms with E-state index in [9.17, 15) is 4.79 Å². The number of hydrogen-bond donors (Lipinski definition) is 1. The van der Waals surface area contributed by atoms with Gasteiger partial charge in [-0.1, -0.05) is 6.92 Å². The van der Waals surface area contributed by atoms with Gasteiger partial charge in [0.25, 0.3) is 5.56 Å². The number of nitrogens with two attached hydrogens (primary N) is 1. The average molecular weight is 164 g/mol. The first-order valence-electron chi connectivity index (χ1n) is 4.17. The summed E-state index contributed by atoms with van der Waals surface area (Å²) in [6.07, 6.45) is 2.91. The predicted octanol–water partition coefficient (Wildman–Crippen LogP) is 1.01. The number of hydrogen-bond acceptors (Lipinski definition) is 2. The SMILES string of the molecule is C[C@@H]1C[C@H]1n1cccc(N)c1=O. The molecule has 2 atom stereocenters. The Morgan fingerprint density at radius 1 is 1.67 bits per heavy atom. The molecule has 2 N–H and O–H groups in total. The van der Waals surface area contributed by atoms with Gasteiger partial charge in [0.1, 0.15) is 0 Å². The first kappa shape index (κ1) is 7.40. The summed E-state index contributed by atoms with van der Waals surface area (Å²) in [6.45, 7) is 2.14. The van der Waals surface area contributed by atoms with Gasteiger partial charge in [-0.05, 0) is 24.5 Å². The Bertz CT molecular complexity index is 356.